The molecular formula is C13H17NO2. The van der Waals surface area contributed by atoms with Crippen molar-refractivity contribution in [3.8, 4) is 12.3 Å². The Morgan fingerprint density at radius 3 is 2.38 bits per heavy atom. The first-order valence-corrected chi connectivity index (χ1v) is 6.02. The van der Waals surface area contributed by atoms with Gasteiger partial charge >= 0.3 is 0 Å². The molecule has 2 fully saturated rings. The van der Waals surface area contributed by atoms with Crippen LogP contribution in [0.3, 0.4) is 0 Å². The van der Waals surface area contributed by atoms with Gasteiger partial charge in [0.15, 0.2) is 0 Å². The zero-order chi connectivity index (χ0) is 11.7. The summed E-state index contributed by atoms with van der Waals surface area (Å²) in [6, 6.07) is -0.326. The third-order valence-electron chi connectivity index (χ3n) is 3.67. The van der Waals surface area contributed by atoms with Crippen LogP contribution in [0.4, 0.5) is 0 Å². The topological polar surface area (TPSA) is 37.4 Å². The lowest BCUT2D eigenvalue weighted by atomic mass is 9.94. The number of hydrogen-bond donors (Lipinski definition) is 0. The molecule has 0 N–H and O–H groups in total. The van der Waals surface area contributed by atoms with Crippen molar-refractivity contribution in [1.82, 2.24) is 4.90 Å². The Hall–Kier alpha value is -1.30. The molecule has 1 aliphatic carbocycles. The molecule has 2 aliphatic rings. The van der Waals surface area contributed by atoms with E-state index >= 15 is 0 Å². The van der Waals surface area contributed by atoms with E-state index < -0.39 is 0 Å². The molecule has 2 amide bonds. The van der Waals surface area contributed by atoms with Gasteiger partial charge < -0.3 is 0 Å². The maximum atomic E-state index is 12.1. The predicted octanol–water partition coefficient (Wildman–Crippen LogP) is 1.57. The van der Waals surface area contributed by atoms with Crippen LogP contribution >= 0.6 is 0 Å². The third-order valence-corrected chi connectivity index (χ3v) is 3.67. The van der Waals surface area contributed by atoms with Crippen molar-refractivity contribution in [3.63, 3.8) is 0 Å². The number of likely N-dealkylation sites (tertiary alicyclic amines) is 1. The maximum Gasteiger partial charge on any atom is 0.233 e. The van der Waals surface area contributed by atoms with Gasteiger partial charge in [-0.3, -0.25) is 14.5 Å². The quantitative estimate of drug-likeness (QED) is 0.534. The van der Waals surface area contributed by atoms with Gasteiger partial charge in [0.2, 0.25) is 11.8 Å². The van der Waals surface area contributed by atoms with E-state index in [1.807, 2.05) is 6.92 Å². The van der Waals surface area contributed by atoms with Crippen molar-refractivity contribution in [1.29, 1.82) is 0 Å². The second-order valence-corrected chi connectivity index (χ2v) is 4.72. The molecule has 1 aliphatic heterocycles. The van der Waals surface area contributed by atoms with Crippen LogP contribution in [0.25, 0.3) is 0 Å². The number of rotatable bonds is 3. The lowest BCUT2D eigenvalue weighted by Crippen LogP contribution is -2.51. The van der Waals surface area contributed by atoms with Crippen LogP contribution in [0.1, 0.15) is 39.0 Å². The smallest absolute Gasteiger partial charge is 0.233 e. The van der Waals surface area contributed by atoms with Crippen LogP contribution in [0.5, 0.6) is 0 Å². The number of nitrogens with zero attached hydrogens (tertiary/aromatic N) is 1. The first-order chi connectivity index (χ1) is 7.69. The number of imide groups is 1. The van der Waals surface area contributed by atoms with Crippen LogP contribution in [0.15, 0.2) is 0 Å². The number of fused-ring (bicyclic) bond motifs is 2. The normalized spacial score (nSPS) is 30.4. The zero-order valence-corrected chi connectivity index (χ0v) is 9.61. The molecule has 0 aromatic carbocycles. The Morgan fingerprint density at radius 2 is 1.94 bits per heavy atom. The highest BCUT2D eigenvalue weighted by atomic mass is 16.2. The molecule has 0 spiro atoms. The third kappa shape index (κ3) is 1.63. The van der Waals surface area contributed by atoms with Gasteiger partial charge in [-0.25, -0.2) is 0 Å². The van der Waals surface area contributed by atoms with Crippen LogP contribution in [0, 0.1) is 24.2 Å². The van der Waals surface area contributed by atoms with Crippen LogP contribution < -0.4 is 0 Å². The van der Waals surface area contributed by atoms with Crippen molar-refractivity contribution in [2.75, 3.05) is 0 Å². The number of carbonyl (C=O) groups excluding carboxylic acids is 2. The van der Waals surface area contributed by atoms with Gasteiger partial charge in [-0.05, 0) is 25.7 Å². The van der Waals surface area contributed by atoms with Crippen molar-refractivity contribution in [2.45, 2.75) is 45.1 Å². The van der Waals surface area contributed by atoms with E-state index in [0.29, 0.717) is 6.42 Å². The van der Waals surface area contributed by atoms with Gasteiger partial charge in [0.25, 0.3) is 0 Å². The highest BCUT2D eigenvalue weighted by Gasteiger charge is 2.47. The van der Waals surface area contributed by atoms with Gasteiger partial charge in [0.05, 0.1) is 0 Å². The monoisotopic (exact) mass is 219 g/mol. The Morgan fingerprint density at radius 1 is 1.38 bits per heavy atom. The number of piperidine rings is 1. The lowest BCUT2D eigenvalue weighted by molar-refractivity contribution is -0.154. The minimum Gasteiger partial charge on any atom is -0.274 e. The molecule has 1 heterocycles. The molecule has 1 saturated carbocycles. The molecule has 0 radical (unpaired) electrons. The number of terminal acetylenes is 1. The Balaban J connectivity index is 2.22. The predicted molar refractivity (Wildman–Crippen MR) is 60.2 cm³/mol. The highest BCUT2D eigenvalue weighted by Crippen LogP contribution is 2.39. The second kappa shape index (κ2) is 4.29. The number of carbonyl (C=O) groups is 2. The lowest BCUT2D eigenvalue weighted by Gasteiger charge is -2.33. The first kappa shape index (κ1) is 11.2. The molecule has 1 saturated heterocycles. The summed E-state index contributed by atoms with van der Waals surface area (Å²) in [6.07, 6.45) is 9.50. The second-order valence-electron chi connectivity index (χ2n) is 4.72. The van der Waals surface area contributed by atoms with Gasteiger partial charge in [-0.15, -0.1) is 6.42 Å². The fourth-order valence-electron chi connectivity index (χ4n) is 2.80. The summed E-state index contributed by atoms with van der Waals surface area (Å²) in [5, 5.41) is 0. The minimum absolute atomic E-state index is 0.0323. The molecular weight excluding hydrogens is 202 g/mol. The molecule has 2 rings (SSSR count). The summed E-state index contributed by atoms with van der Waals surface area (Å²) < 4.78 is 0. The van der Waals surface area contributed by atoms with Crippen molar-refractivity contribution < 1.29 is 9.59 Å². The minimum atomic E-state index is -0.326. The first-order valence-electron chi connectivity index (χ1n) is 6.02. The molecule has 3 unspecified atom stereocenters. The van der Waals surface area contributed by atoms with E-state index in [2.05, 4.69) is 5.92 Å². The summed E-state index contributed by atoms with van der Waals surface area (Å²) >= 11 is 0. The maximum absolute atomic E-state index is 12.1. The Kier molecular flexibility index (Phi) is 3.00. The van der Waals surface area contributed by atoms with Crippen LogP contribution in [-0.4, -0.2) is 22.8 Å². The van der Waals surface area contributed by atoms with Gasteiger partial charge in [0.1, 0.15) is 6.04 Å². The summed E-state index contributed by atoms with van der Waals surface area (Å²) in [4.78, 5) is 25.5. The van der Waals surface area contributed by atoms with Gasteiger partial charge in [0, 0.05) is 11.8 Å². The number of hydrogen-bond acceptors (Lipinski definition) is 2. The van der Waals surface area contributed by atoms with Gasteiger partial charge in [-0.2, -0.15) is 0 Å². The summed E-state index contributed by atoms with van der Waals surface area (Å²) in [5.74, 6) is 2.62. The van der Waals surface area contributed by atoms with E-state index in [1.54, 1.807) is 0 Å². The van der Waals surface area contributed by atoms with Crippen molar-refractivity contribution in [2.24, 2.45) is 11.8 Å². The average Bonchev–Trinajstić information content (AvgIpc) is 2.72. The summed E-state index contributed by atoms with van der Waals surface area (Å²) in [6.45, 7) is 2.01. The molecule has 3 heteroatoms. The molecule has 16 heavy (non-hydrogen) atoms. The van der Waals surface area contributed by atoms with E-state index in [1.165, 1.54) is 4.90 Å². The molecule has 0 aromatic rings. The molecule has 3 nitrogen and oxygen atoms in total. The SMILES string of the molecule is C#CC(CCC)N1C(=O)C2CCC(C2)C1=O. The Bertz CT molecular complexity index is 333. The fourth-order valence-corrected chi connectivity index (χ4v) is 2.80. The number of amides is 2. The van der Waals surface area contributed by atoms with Crippen molar-refractivity contribution in [3.05, 3.63) is 0 Å². The zero-order valence-electron chi connectivity index (χ0n) is 9.61. The van der Waals surface area contributed by atoms with Crippen LogP contribution in [0.2, 0.25) is 0 Å². The van der Waals surface area contributed by atoms with Crippen molar-refractivity contribution >= 4 is 11.8 Å². The van der Waals surface area contributed by atoms with E-state index in [4.69, 9.17) is 6.42 Å². The standard InChI is InChI=1S/C13H17NO2/c1-3-5-11(4-2)14-12(15)9-6-7-10(8-9)13(14)16/h2,9-11H,3,5-8H2,1H3. The van der Waals surface area contributed by atoms with E-state index in [0.717, 1.165) is 25.7 Å². The highest BCUT2D eigenvalue weighted by molar-refractivity contribution is 6.01. The molecule has 86 valence electrons. The average molecular weight is 219 g/mol. The fraction of sp³-hybridized carbons (Fsp3) is 0.692. The largest absolute Gasteiger partial charge is 0.274 e. The van der Waals surface area contributed by atoms with Gasteiger partial charge in [-0.1, -0.05) is 19.3 Å². The van der Waals surface area contributed by atoms with E-state index in [-0.39, 0.29) is 29.7 Å². The van der Waals surface area contributed by atoms with Crippen LogP contribution in [-0.2, 0) is 9.59 Å². The van der Waals surface area contributed by atoms with E-state index in [9.17, 15) is 9.59 Å². The molecule has 2 bridgehead atoms. The summed E-state index contributed by atoms with van der Waals surface area (Å²) in [5.41, 5.74) is 0. The molecule has 0 aromatic heterocycles. The Labute approximate surface area is 96.2 Å². The summed E-state index contributed by atoms with van der Waals surface area (Å²) in [7, 11) is 0. The molecule has 3 atom stereocenters.